The number of nitrogens with one attached hydrogen (secondary N) is 2. The predicted molar refractivity (Wildman–Crippen MR) is 124 cm³/mol. The van der Waals surface area contributed by atoms with Crippen LogP contribution in [0.3, 0.4) is 0 Å². The van der Waals surface area contributed by atoms with Gasteiger partial charge < -0.3 is 15.0 Å². The van der Waals surface area contributed by atoms with Crippen LogP contribution in [0.25, 0.3) is 0 Å². The van der Waals surface area contributed by atoms with Crippen molar-refractivity contribution in [2.45, 2.75) is 10.9 Å². The van der Waals surface area contributed by atoms with Gasteiger partial charge in [0, 0.05) is 24.5 Å². The van der Waals surface area contributed by atoms with Crippen molar-refractivity contribution in [2.75, 3.05) is 36.3 Å². The number of sulfonamides is 1. The van der Waals surface area contributed by atoms with E-state index in [2.05, 4.69) is 10.0 Å². The van der Waals surface area contributed by atoms with Gasteiger partial charge in [0.1, 0.15) is 11.9 Å². The number of rotatable bonds is 7. The normalized spacial score (nSPS) is 15.0. The van der Waals surface area contributed by atoms with Crippen molar-refractivity contribution in [3.8, 4) is 0 Å². The van der Waals surface area contributed by atoms with Crippen molar-refractivity contribution in [1.29, 1.82) is 0 Å². The fraction of sp³-hybridized carbons (Fsp3) is 0.208. The molecule has 0 saturated carbocycles. The Balaban J connectivity index is 1.50. The molecule has 1 saturated heterocycles. The number of ether oxygens (including phenoxy) is 1. The minimum atomic E-state index is -3.85. The molecule has 7 nitrogen and oxygen atoms in total. The van der Waals surface area contributed by atoms with Gasteiger partial charge in [-0.2, -0.15) is 0 Å². The number of carbonyl (C=O) groups excluding carboxylic acids is 1. The van der Waals surface area contributed by atoms with Gasteiger partial charge in [-0.25, -0.2) is 12.8 Å². The Hall–Kier alpha value is -3.43. The number of benzene rings is 3. The monoisotopic (exact) mass is 469 g/mol. The van der Waals surface area contributed by atoms with Gasteiger partial charge in [-0.1, -0.05) is 30.3 Å². The molecule has 0 spiro atoms. The number of hydrogen-bond donors (Lipinski definition) is 2. The first-order chi connectivity index (χ1) is 15.9. The predicted octanol–water partition coefficient (Wildman–Crippen LogP) is 3.64. The maximum atomic E-state index is 13.2. The quantitative estimate of drug-likeness (QED) is 0.552. The zero-order valence-electron chi connectivity index (χ0n) is 17.8. The molecule has 1 heterocycles. The first-order valence-electron chi connectivity index (χ1n) is 10.5. The van der Waals surface area contributed by atoms with Crippen LogP contribution in [0.15, 0.2) is 83.8 Å². The summed E-state index contributed by atoms with van der Waals surface area (Å²) >= 11 is 0. The second kappa shape index (κ2) is 10.0. The van der Waals surface area contributed by atoms with Crippen LogP contribution >= 0.6 is 0 Å². The molecule has 0 aliphatic carbocycles. The van der Waals surface area contributed by atoms with Crippen molar-refractivity contribution in [1.82, 2.24) is 4.90 Å². The number of anilines is 2. The molecule has 1 aliphatic rings. The van der Waals surface area contributed by atoms with Gasteiger partial charge >= 0.3 is 0 Å². The molecule has 2 N–H and O–H groups in total. The molecule has 4 rings (SSSR count). The Bertz CT molecular complexity index is 1180. The van der Waals surface area contributed by atoms with Gasteiger partial charge in [-0.3, -0.25) is 9.52 Å². The van der Waals surface area contributed by atoms with E-state index in [1.54, 1.807) is 29.2 Å². The van der Waals surface area contributed by atoms with Crippen LogP contribution < -0.4 is 10.0 Å². The van der Waals surface area contributed by atoms with Crippen LogP contribution in [0.2, 0.25) is 0 Å². The SMILES string of the molecule is O=C([C@H](Nc1ccc(NS(=O)(=O)c2ccc(F)cc2)cc1)c1ccccc1)N1CCOCC1. The molecule has 1 atom stereocenters. The third kappa shape index (κ3) is 5.68. The van der Waals surface area contributed by atoms with E-state index in [4.69, 9.17) is 4.74 Å². The second-order valence-electron chi connectivity index (χ2n) is 7.56. The smallest absolute Gasteiger partial charge is 0.261 e. The number of morpholine rings is 1. The highest BCUT2D eigenvalue weighted by atomic mass is 32.2. The molecule has 3 aromatic rings. The van der Waals surface area contributed by atoms with Gasteiger partial charge in [0.25, 0.3) is 10.0 Å². The van der Waals surface area contributed by atoms with Crippen LogP contribution in [0, 0.1) is 5.82 Å². The van der Waals surface area contributed by atoms with E-state index in [-0.39, 0.29) is 10.8 Å². The summed E-state index contributed by atoms with van der Waals surface area (Å²) in [7, 11) is -3.85. The lowest BCUT2D eigenvalue weighted by Gasteiger charge is -2.31. The van der Waals surface area contributed by atoms with E-state index >= 15 is 0 Å². The van der Waals surface area contributed by atoms with Crippen molar-refractivity contribution < 1.29 is 22.3 Å². The first kappa shape index (κ1) is 22.8. The van der Waals surface area contributed by atoms with Crippen LogP contribution in [-0.2, 0) is 19.6 Å². The molecule has 0 bridgehead atoms. The fourth-order valence-electron chi connectivity index (χ4n) is 3.53. The highest BCUT2D eigenvalue weighted by Gasteiger charge is 2.27. The Kier molecular flexibility index (Phi) is 6.90. The van der Waals surface area contributed by atoms with E-state index < -0.39 is 21.9 Å². The minimum Gasteiger partial charge on any atom is -0.378 e. The zero-order valence-corrected chi connectivity index (χ0v) is 18.6. The summed E-state index contributed by atoms with van der Waals surface area (Å²) in [6.45, 7) is 2.09. The maximum Gasteiger partial charge on any atom is 0.261 e. The number of nitrogens with zero attached hydrogens (tertiary/aromatic N) is 1. The highest BCUT2D eigenvalue weighted by molar-refractivity contribution is 7.92. The zero-order chi connectivity index (χ0) is 23.3. The van der Waals surface area contributed by atoms with Gasteiger partial charge in [-0.05, 0) is 54.1 Å². The highest BCUT2D eigenvalue weighted by Crippen LogP contribution is 2.25. The number of amides is 1. The maximum absolute atomic E-state index is 13.2. The van der Waals surface area contributed by atoms with Gasteiger partial charge in [-0.15, -0.1) is 0 Å². The minimum absolute atomic E-state index is 0.0358. The molecule has 33 heavy (non-hydrogen) atoms. The Labute approximate surface area is 192 Å². The Morgan fingerprint density at radius 3 is 2.12 bits per heavy atom. The molecule has 172 valence electrons. The van der Waals surface area contributed by atoms with E-state index in [9.17, 15) is 17.6 Å². The summed E-state index contributed by atoms with van der Waals surface area (Å²) < 4.78 is 46.0. The molecule has 0 unspecified atom stereocenters. The third-order valence-corrected chi connectivity index (χ3v) is 6.67. The molecule has 3 aromatic carbocycles. The molecule has 0 aromatic heterocycles. The van der Waals surface area contributed by atoms with Crippen molar-refractivity contribution in [3.05, 3.63) is 90.2 Å². The van der Waals surface area contributed by atoms with Crippen LogP contribution in [-0.4, -0.2) is 45.5 Å². The summed E-state index contributed by atoms with van der Waals surface area (Å²) in [6.07, 6.45) is 0. The number of hydrogen-bond acceptors (Lipinski definition) is 5. The third-order valence-electron chi connectivity index (χ3n) is 5.27. The molecular formula is C24H24FN3O4S. The molecule has 1 fully saturated rings. The standard InChI is InChI=1S/C24H24FN3O4S/c25-19-6-12-22(13-7-19)33(30,31)27-21-10-8-20(9-11-21)26-23(18-4-2-1-3-5-18)24(29)28-14-16-32-17-15-28/h1-13,23,26-27H,14-17H2/t23-/m1/s1. The van der Waals surface area contributed by atoms with Crippen LogP contribution in [0.1, 0.15) is 11.6 Å². The van der Waals surface area contributed by atoms with E-state index in [1.807, 2.05) is 30.3 Å². The second-order valence-corrected chi connectivity index (χ2v) is 9.24. The summed E-state index contributed by atoms with van der Waals surface area (Å²) in [5, 5.41) is 3.27. The molecule has 1 amide bonds. The van der Waals surface area contributed by atoms with Gasteiger partial charge in [0.15, 0.2) is 0 Å². The summed E-state index contributed by atoms with van der Waals surface area (Å²) in [6, 6.07) is 20.0. The molecule has 9 heteroatoms. The lowest BCUT2D eigenvalue weighted by Crippen LogP contribution is -2.44. The van der Waals surface area contributed by atoms with E-state index in [1.165, 1.54) is 12.1 Å². The van der Waals surface area contributed by atoms with Crippen LogP contribution in [0.4, 0.5) is 15.8 Å². The average Bonchev–Trinajstić information content (AvgIpc) is 2.84. The fourth-order valence-corrected chi connectivity index (χ4v) is 4.59. The van der Waals surface area contributed by atoms with Crippen molar-refractivity contribution >= 4 is 27.3 Å². The van der Waals surface area contributed by atoms with E-state index in [0.29, 0.717) is 37.7 Å². The van der Waals surface area contributed by atoms with Gasteiger partial charge in [0.05, 0.1) is 18.1 Å². The topological polar surface area (TPSA) is 87.7 Å². The number of halogens is 1. The Morgan fingerprint density at radius 1 is 0.879 bits per heavy atom. The van der Waals surface area contributed by atoms with Gasteiger partial charge in [0.2, 0.25) is 5.91 Å². The molecule has 0 radical (unpaired) electrons. The van der Waals surface area contributed by atoms with Crippen molar-refractivity contribution in [2.24, 2.45) is 0 Å². The number of carbonyl (C=O) groups is 1. The van der Waals surface area contributed by atoms with Crippen LogP contribution in [0.5, 0.6) is 0 Å². The average molecular weight is 470 g/mol. The van der Waals surface area contributed by atoms with E-state index in [0.717, 1.165) is 17.7 Å². The molecular weight excluding hydrogens is 445 g/mol. The summed E-state index contributed by atoms with van der Waals surface area (Å²) in [5.74, 6) is -0.561. The summed E-state index contributed by atoms with van der Waals surface area (Å²) in [5.41, 5.74) is 1.84. The largest absolute Gasteiger partial charge is 0.378 e. The lowest BCUT2D eigenvalue weighted by molar-refractivity contribution is -0.136. The summed E-state index contributed by atoms with van der Waals surface area (Å²) in [4.78, 5) is 15.0. The van der Waals surface area contributed by atoms with Crippen molar-refractivity contribution in [3.63, 3.8) is 0 Å². The Morgan fingerprint density at radius 2 is 1.48 bits per heavy atom. The first-order valence-corrected chi connectivity index (χ1v) is 12.0. The molecule has 1 aliphatic heterocycles. The lowest BCUT2D eigenvalue weighted by atomic mass is 10.0.